The summed E-state index contributed by atoms with van der Waals surface area (Å²) in [5, 5.41) is 10.6. The number of thiophene rings is 1. The first-order chi connectivity index (χ1) is 9.30. The molecule has 112 valence electrons. The van der Waals surface area contributed by atoms with Gasteiger partial charge in [-0.3, -0.25) is 10.1 Å². The summed E-state index contributed by atoms with van der Waals surface area (Å²) in [7, 11) is -3.74. The smallest absolute Gasteiger partial charge is 0.304 e. The minimum absolute atomic E-state index is 0.0399. The molecule has 20 heavy (non-hydrogen) atoms. The summed E-state index contributed by atoms with van der Waals surface area (Å²) in [4.78, 5) is 10.0. The van der Waals surface area contributed by atoms with E-state index in [1.54, 1.807) is 11.8 Å². The van der Waals surface area contributed by atoms with E-state index in [1.807, 2.05) is 6.26 Å². The fourth-order valence-electron chi connectivity index (χ4n) is 1.97. The molecule has 1 aliphatic carbocycles. The molecule has 1 aromatic heterocycles. The monoisotopic (exact) mass is 337 g/mol. The summed E-state index contributed by atoms with van der Waals surface area (Å²) in [5.74, 6) is 0. The molecule has 0 spiro atoms. The van der Waals surface area contributed by atoms with E-state index in [4.69, 9.17) is 5.73 Å². The number of rotatable bonds is 6. The Labute approximate surface area is 125 Å². The highest BCUT2D eigenvalue weighted by molar-refractivity contribution is 8.00. The Morgan fingerprint density at radius 1 is 1.60 bits per heavy atom. The van der Waals surface area contributed by atoms with Crippen LogP contribution in [0.2, 0.25) is 0 Å². The lowest BCUT2D eigenvalue weighted by Crippen LogP contribution is -2.45. The molecule has 0 atom stereocenters. The number of anilines is 1. The molecule has 1 aromatic rings. The van der Waals surface area contributed by atoms with Gasteiger partial charge in [-0.2, -0.15) is 11.8 Å². The highest BCUT2D eigenvalue weighted by Gasteiger charge is 2.37. The van der Waals surface area contributed by atoms with Crippen molar-refractivity contribution in [1.29, 1.82) is 0 Å². The molecule has 1 fully saturated rings. The van der Waals surface area contributed by atoms with Crippen molar-refractivity contribution in [3.8, 4) is 0 Å². The van der Waals surface area contributed by atoms with Crippen LogP contribution in [0.4, 0.5) is 10.7 Å². The third-order valence-electron chi connectivity index (χ3n) is 3.46. The average molecular weight is 337 g/mol. The second-order valence-electron chi connectivity index (χ2n) is 4.64. The molecule has 1 aliphatic rings. The van der Waals surface area contributed by atoms with Crippen molar-refractivity contribution in [3.05, 3.63) is 16.2 Å². The van der Waals surface area contributed by atoms with Gasteiger partial charge in [-0.25, -0.2) is 13.1 Å². The Kier molecular flexibility index (Phi) is 4.28. The topological polar surface area (TPSA) is 115 Å². The van der Waals surface area contributed by atoms with Gasteiger partial charge in [-0.15, -0.1) is 0 Å². The lowest BCUT2D eigenvalue weighted by molar-refractivity contribution is -0.383. The highest BCUT2D eigenvalue weighted by atomic mass is 32.2. The van der Waals surface area contributed by atoms with Crippen LogP contribution in [0.1, 0.15) is 19.3 Å². The summed E-state index contributed by atoms with van der Waals surface area (Å²) in [6.07, 6.45) is 5.01. The SMILES string of the molecule is CSC1(CNS(=O)(=O)c2cc([N+](=O)[O-])c(N)s2)CCC1. The second kappa shape index (κ2) is 5.51. The van der Waals surface area contributed by atoms with Crippen LogP contribution in [0, 0.1) is 10.1 Å². The summed E-state index contributed by atoms with van der Waals surface area (Å²) in [5.41, 5.74) is 5.10. The van der Waals surface area contributed by atoms with Crippen molar-refractivity contribution in [2.45, 2.75) is 28.2 Å². The van der Waals surface area contributed by atoms with Crippen LogP contribution in [0.25, 0.3) is 0 Å². The maximum absolute atomic E-state index is 12.1. The zero-order valence-electron chi connectivity index (χ0n) is 10.8. The second-order valence-corrected chi connectivity index (χ2v) is 8.99. The van der Waals surface area contributed by atoms with Crippen molar-refractivity contribution < 1.29 is 13.3 Å². The molecule has 10 heteroatoms. The van der Waals surface area contributed by atoms with E-state index in [9.17, 15) is 18.5 Å². The van der Waals surface area contributed by atoms with Crippen LogP contribution in [-0.2, 0) is 10.0 Å². The maximum Gasteiger partial charge on any atom is 0.304 e. The van der Waals surface area contributed by atoms with Gasteiger partial charge >= 0.3 is 5.69 Å². The van der Waals surface area contributed by atoms with Gasteiger partial charge in [0, 0.05) is 17.4 Å². The Hall–Kier alpha value is -0.840. The minimum atomic E-state index is -3.74. The number of nitrogen functional groups attached to an aromatic ring is 1. The van der Waals surface area contributed by atoms with Crippen molar-refractivity contribution in [2.75, 3.05) is 18.5 Å². The molecule has 1 saturated carbocycles. The van der Waals surface area contributed by atoms with Crippen LogP contribution in [0.5, 0.6) is 0 Å². The third-order valence-corrected chi connectivity index (χ3v) is 7.71. The molecule has 2 rings (SSSR count). The predicted molar refractivity (Wildman–Crippen MR) is 80.7 cm³/mol. The summed E-state index contributed by atoms with van der Waals surface area (Å²) in [6.45, 7) is 0.335. The van der Waals surface area contributed by atoms with Crippen LogP contribution in [0.3, 0.4) is 0 Å². The lowest BCUT2D eigenvalue weighted by atomic mass is 9.84. The van der Waals surface area contributed by atoms with Crippen LogP contribution >= 0.6 is 23.1 Å². The molecule has 0 radical (unpaired) electrons. The predicted octanol–water partition coefficient (Wildman–Crippen LogP) is 1.80. The molecule has 0 aromatic carbocycles. The highest BCUT2D eigenvalue weighted by Crippen LogP contribution is 2.42. The van der Waals surface area contributed by atoms with Gasteiger partial charge in [0.15, 0.2) is 5.00 Å². The number of nitro groups is 1. The molecule has 0 amide bonds. The number of thioether (sulfide) groups is 1. The Balaban J connectivity index is 2.14. The van der Waals surface area contributed by atoms with Crippen LogP contribution in [-0.4, -0.2) is 30.9 Å². The number of nitrogens with zero attached hydrogens (tertiary/aromatic N) is 1. The zero-order chi connectivity index (χ0) is 15.0. The van der Waals surface area contributed by atoms with Gasteiger partial charge in [0.2, 0.25) is 10.0 Å². The van der Waals surface area contributed by atoms with Crippen molar-refractivity contribution in [1.82, 2.24) is 4.72 Å². The molecule has 0 saturated heterocycles. The van der Waals surface area contributed by atoms with Gasteiger partial charge < -0.3 is 5.73 Å². The summed E-state index contributed by atoms with van der Waals surface area (Å²) < 4.78 is 26.6. The molecule has 0 bridgehead atoms. The van der Waals surface area contributed by atoms with E-state index in [1.165, 1.54) is 0 Å². The number of hydrogen-bond donors (Lipinski definition) is 2. The van der Waals surface area contributed by atoms with Crippen molar-refractivity contribution in [2.24, 2.45) is 0 Å². The summed E-state index contributed by atoms with van der Waals surface area (Å²) in [6, 6.07) is 1.01. The van der Waals surface area contributed by atoms with E-state index < -0.39 is 14.9 Å². The molecule has 7 nitrogen and oxygen atoms in total. The van der Waals surface area contributed by atoms with E-state index in [0.29, 0.717) is 17.9 Å². The molecule has 0 unspecified atom stereocenters. The maximum atomic E-state index is 12.1. The van der Waals surface area contributed by atoms with Crippen LogP contribution < -0.4 is 10.5 Å². The Morgan fingerprint density at radius 3 is 2.65 bits per heavy atom. The zero-order valence-corrected chi connectivity index (χ0v) is 13.2. The fourth-order valence-corrected chi connectivity index (χ4v) is 5.36. The quantitative estimate of drug-likeness (QED) is 0.604. The van der Waals surface area contributed by atoms with E-state index >= 15 is 0 Å². The van der Waals surface area contributed by atoms with E-state index in [-0.39, 0.29) is 19.6 Å². The molecule has 3 N–H and O–H groups in total. The lowest BCUT2D eigenvalue weighted by Gasteiger charge is -2.40. The Bertz CT molecular complexity index is 616. The number of sulfonamides is 1. The molecular formula is C10H15N3O4S3. The standard InChI is InChI=1S/C10H15N3O4S3/c1-18-10(3-2-4-10)6-12-20(16,17)8-5-7(13(14)15)9(11)19-8/h5,12H,2-4,6,11H2,1H3. The van der Waals surface area contributed by atoms with Gasteiger partial charge in [-0.1, -0.05) is 17.8 Å². The Morgan fingerprint density at radius 2 is 2.25 bits per heavy atom. The number of nitrogens with one attached hydrogen (secondary N) is 1. The van der Waals surface area contributed by atoms with Gasteiger partial charge in [0.25, 0.3) is 0 Å². The number of hydrogen-bond acceptors (Lipinski definition) is 7. The van der Waals surface area contributed by atoms with Gasteiger partial charge in [0.05, 0.1) is 4.92 Å². The van der Waals surface area contributed by atoms with Gasteiger partial charge in [0.1, 0.15) is 4.21 Å². The first kappa shape index (κ1) is 15.5. The largest absolute Gasteiger partial charge is 0.385 e. The van der Waals surface area contributed by atoms with Gasteiger partial charge in [-0.05, 0) is 19.1 Å². The summed E-state index contributed by atoms with van der Waals surface area (Å²) >= 11 is 2.36. The van der Waals surface area contributed by atoms with E-state index in [2.05, 4.69) is 4.72 Å². The normalized spacial score (nSPS) is 17.6. The third kappa shape index (κ3) is 2.92. The number of nitrogens with two attached hydrogens (primary N) is 1. The van der Waals surface area contributed by atoms with Crippen LogP contribution in [0.15, 0.2) is 10.3 Å². The molecule has 1 heterocycles. The minimum Gasteiger partial charge on any atom is -0.385 e. The average Bonchev–Trinajstić information content (AvgIpc) is 2.71. The first-order valence-corrected chi connectivity index (χ1v) is 9.41. The molecule has 0 aliphatic heterocycles. The first-order valence-electron chi connectivity index (χ1n) is 5.88. The van der Waals surface area contributed by atoms with Crippen molar-refractivity contribution >= 4 is 43.8 Å². The fraction of sp³-hybridized carbons (Fsp3) is 0.600. The van der Waals surface area contributed by atoms with E-state index in [0.717, 1.165) is 25.3 Å². The molecular weight excluding hydrogens is 322 g/mol. The van der Waals surface area contributed by atoms with Crippen molar-refractivity contribution in [3.63, 3.8) is 0 Å².